The average Bonchev–Trinajstić information content (AvgIpc) is 2.75. The van der Waals surface area contributed by atoms with Crippen molar-refractivity contribution in [3.63, 3.8) is 0 Å². The summed E-state index contributed by atoms with van der Waals surface area (Å²) in [5.74, 6) is 1.25. The van der Waals surface area contributed by atoms with Crippen LogP contribution in [0.15, 0.2) is 12.4 Å². The van der Waals surface area contributed by atoms with Gasteiger partial charge in [-0.15, -0.1) is 0 Å². The summed E-state index contributed by atoms with van der Waals surface area (Å²) in [6.45, 7) is 6.78. The van der Waals surface area contributed by atoms with Crippen LogP contribution in [-0.2, 0) is 12.1 Å². The van der Waals surface area contributed by atoms with Crippen molar-refractivity contribution in [1.82, 2.24) is 14.5 Å². The van der Waals surface area contributed by atoms with Crippen LogP contribution in [0.1, 0.15) is 32.5 Å². The van der Waals surface area contributed by atoms with Crippen LogP contribution in [0.4, 0.5) is 0 Å². The van der Waals surface area contributed by atoms with E-state index in [1.807, 2.05) is 6.20 Å². The van der Waals surface area contributed by atoms with Gasteiger partial charge in [0.1, 0.15) is 5.82 Å². The number of aromatic nitrogens is 2. The van der Waals surface area contributed by atoms with E-state index < -0.39 is 0 Å². The maximum Gasteiger partial charge on any atom is 0.123 e. The molecular weight excluding hydrogens is 174 g/mol. The second-order valence-corrected chi connectivity index (χ2v) is 4.94. The fourth-order valence-corrected chi connectivity index (χ4v) is 2.48. The molecule has 0 unspecified atom stereocenters. The van der Waals surface area contributed by atoms with Gasteiger partial charge in [0.2, 0.25) is 0 Å². The Bertz CT molecular complexity index is 349. The van der Waals surface area contributed by atoms with Gasteiger partial charge < -0.3 is 4.57 Å². The number of hydrogen-bond donors (Lipinski definition) is 0. The van der Waals surface area contributed by atoms with Gasteiger partial charge in [-0.1, -0.05) is 0 Å². The Hall–Kier alpha value is -0.830. The minimum absolute atomic E-state index is 0.425. The number of nitrogens with zero attached hydrogens (tertiary/aromatic N) is 3. The highest BCUT2D eigenvalue weighted by molar-refractivity contribution is 5.13. The lowest BCUT2D eigenvalue weighted by Gasteiger charge is -2.36. The van der Waals surface area contributed by atoms with Crippen molar-refractivity contribution >= 4 is 0 Å². The van der Waals surface area contributed by atoms with Crippen molar-refractivity contribution in [1.29, 1.82) is 0 Å². The first-order chi connectivity index (χ1) is 6.71. The minimum Gasteiger partial charge on any atom is -0.326 e. The van der Waals surface area contributed by atoms with Crippen LogP contribution in [0.3, 0.4) is 0 Å². The molecule has 1 spiro atoms. The molecule has 0 saturated heterocycles. The fourth-order valence-electron chi connectivity index (χ4n) is 2.48. The van der Waals surface area contributed by atoms with Crippen molar-refractivity contribution in [3.05, 3.63) is 18.2 Å². The summed E-state index contributed by atoms with van der Waals surface area (Å²) in [6, 6.07) is 0.637. The molecule has 0 atom stereocenters. The highest BCUT2D eigenvalue weighted by atomic mass is 15.3. The monoisotopic (exact) mass is 191 g/mol. The van der Waals surface area contributed by atoms with Crippen molar-refractivity contribution < 1.29 is 0 Å². The van der Waals surface area contributed by atoms with E-state index in [2.05, 4.69) is 34.5 Å². The van der Waals surface area contributed by atoms with Crippen LogP contribution >= 0.6 is 0 Å². The van der Waals surface area contributed by atoms with Gasteiger partial charge in [-0.2, -0.15) is 0 Å². The van der Waals surface area contributed by atoms with E-state index in [-0.39, 0.29) is 0 Å². The van der Waals surface area contributed by atoms with Crippen LogP contribution in [0.25, 0.3) is 0 Å². The molecule has 0 N–H and O–H groups in total. The molecule has 1 aromatic rings. The second-order valence-electron chi connectivity index (χ2n) is 4.94. The molecule has 1 saturated carbocycles. The van der Waals surface area contributed by atoms with E-state index in [0.29, 0.717) is 11.6 Å². The van der Waals surface area contributed by atoms with Crippen LogP contribution in [0.5, 0.6) is 0 Å². The molecule has 1 aliphatic heterocycles. The summed E-state index contributed by atoms with van der Waals surface area (Å²) in [5.41, 5.74) is 0.425. The van der Waals surface area contributed by atoms with Gasteiger partial charge in [0.25, 0.3) is 0 Å². The molecule has 0 amide bonds. The predicted octanol–water partition coefficient (Wildman–Crippen LogP) is 1.60. The minimum atomic E-state index is 0.425. The van der Waals surface area contributed by atoms with Gasteiger partial charge in [0.05, 0.1) is 12.1 Å². The summed E-state index contributed by atoms with van der Waals surface area (Å²) in [7, 11) is 0. The Labute approximate surface area is 84.7 Å². The summed E-state index contributed by atoms with van der Waals surface area (Å²) in [6.07, 6.45) is 6.76. The molecule has 3 nitrogen and oxygen atoms in total. The molecule has 14 heavy (non-hydrogen) atoms. The Morgan fingerprint density at radius 3 is 2.86 bits per heavy atom. The van der Waals surface area contributed by atoms with Gasteiger partial charge in [-0.3, -0.25) is 4.90 Å². The Balaban J connectivity index is 1.98. The van der Waals surface area contributed by atoms with E-state index in [1.54, 1.807) is 0 Å². The highest BCUT2D eigenvalue weighted by Gasteiger charge is 2.49. The molecule has 1 fully saturated rings. The van der Waals surface area contributed by atoms with Gasteiger partial charge in [-0.05, 0) is 26.7 Å². The first-order valence-electron chi connectivity index (χ1n) is 5.48. The Morgan fingerprint density at radius 1 is 1.43 bits per heavy atom. The molecule has 2 heterocycles. The Kier molecular flexibility index (Phi) is 1.57. The zero-order valence-corrected chi connectivity index (χ0v) is 8.90. The predicted molar refractivity (Wildman–Crippen MR) is 55.0 cm³/mol. The summed E-state index contributed by atoms with van der Waals surface area (Å²) < 4.78 is 2.41. The molecule has 0 bridgehead atoms. The number of hydrogen-bond acceptors (Lipinski definition) is 2. The van der Waals surface area contributed by atoms with Crippen LogP contribution < -0.4 is 0 Å². The maximum atomic E-state index is 4.45. The lowest BCUT2D eigenvalue weighted by atomic mass is 10.1. The first-order valence-corrected chi connectivity index (χ1v) is 5.48. The smallest absolute Gasteiger partial charge is 0.123 e. The van der Waals surface area contributed by atoms with E-state index in [0.717, 1.165) is 6.54 Å². The van der Waals surface area contributed by atoms with Crippen LogP contribution in [0, 0.1) is 0 Å². The fraction of sp³-hybridized carbons (Fsp3) is 0.727. The summed E-state index contributed by atoms with van der Waals surface area (Å²) in [5, 5.41) is 0. The van der Waals surface area contributed by atoms with Crippen LogP contribution in [-0.4, -0.2) is 27.0 Å². The van der Waals surface area contributed by atoms with Gasteiger partial charge in [0.15, 0.2) is 0 Å². The van der Waals surface area contributed by atoms with Crippen molar-refractivity contribution in [2.24, 2.45) is 0 Å². The largest absolute Gasteiger partial charge is 0.326 e. The van der Waals surface area contributed by atoms with Crippen molar-refractivity contribution in [2.75, 3.05) is 6.54 Å². The van der Waals surface area contributed by atoms with Crippen molar-refractivity contribution in [3.8, 4) is 0 Å². The van der Waals surface area contributed by atoms with Gasteiger partial charge in [0, 0.05) is 25.0 Å². The van der Waals surface area contributed by atoms with Crippen molar-refractivity contribution in [2.45, 2.75) is 44.8 Å². The second kappa shape index (κ2) is 2.60. The standard InChI is InChI=1S/C11H17N3/c1-9(2)13-7-10-12-5-6-14(10)11(8-13)3-4-11/h5-6,9H,3-4,7-8H2,1-2H3. The first kappa shape index (κ1) is 8.48. The molecule has 3 rings (SSSR count). The molecule has 0 aromatic carbocycles. The maximum absolute atomic E-state index is 4.45. The average molecular weight is 191 g/mol. The van der Waals surface area contributed by atoms with E-state index >= 15 is 0 Å². The third-order valence-electron chi connectivity index (χ3n) is 3.63. The van der Waals surface area contributed by atoms with Crippen LogP contribution in [0.2, 0.25) is 0 Å². The number of imidazole rings is 1. The third kappa shape index (κ3) is 1.05. The van der Waals surface area contributed by atoms with E-state index in [9.17, 15) is 0 Å². The molecular formula is C11H17N3. The molecule has 1 aromatic heterocycles. The van der Waals surface area contributed by atoms with Gasteiger partial charge in [-0.25, -0.2) is 4.98 Å². The summed E-state index contributed by atoms with van der Waals surface area (Å²) >= 11 is 0. The molecule has 0 radical (unpaired) electrons. The lowest BCUT2D eigenvalue weighted by molar-refractivity contribution is 0.133. The molecule has 3 heteroatoms. The SMILES string of the molecule is CC(C)N1Cc2nccn2C2(CC2)C1. The highest BCUT2D eigenvalue weighted by Crippen LogP contribution is 2.47. The molecule has 76 valence electrons. The zero-order valence-electron chi connectivity index (χ0n) is 8.90. The number of rotatable bonds is 1. The number of fused-ring (bicyclic) bond motifs is 2. The zero-order chi connectivity index (χ0) is 9.76. The van der Waals surface area contributed by atoms with E-state index in [4.69, 9.17) is 0 Å². The Morgan fingerprint density at radius 2 is 2.21 bits per heavy atom. The quantitative estimate of drug-likeness (QED) is 0.672. The molecule has 1 aliphatic carbocycles. The normalized spacial score (nSPS) is 24.2. The third-order valence-corrected chi connectivity index (χ3v) is 3.63. The topological polar surface area (TPSA) is 21.1 Å². The molecule has 2 aliphatic rings. The lowest BCUT2D eigenvalue weighted by Crippen LogP contribution is -2.45. The van der Waals surface area contributed by atoms with E-state index in [1.165, 1.54) is 25.2 Å². The summed E-state index contributed by atoms with van der Waals surface area (Å²) in [4.78, 5) is 6.98. The van der Waals surface area contributed by atoms with Gasteiger partial charge >= 0.3 is 0 Å².